The van der Waals surface area contributed by atoms with Gasteiger partial charge in [0.25, 0.3) is 0 Å². The SMILES string of the molecule is CCOC(=O)CCC1CCCCC1(CO)OO. The van der Waals surface area contributed by atoms with Crippen molar-refractivity contribution in [3.63, 3.8) is 0 Å². The zero-order valence-corrected chi connectivity index (χ0v) is 10.4. The van der Waals surface area contributed by atoms with Gasteiger partial charge in [-0.1, -0.05) is 12.8 Å². The molecule has 1 fully saturated rings. The van der Waals surface area contributed by atoms with Crippen LogP contribution in [0.4, 0.5) is 0 Å². The van der Waals surface area contributed by atoms with Crippen molar-refractivity contribution in [1.29, 1.82) is 0 Å². The van der Waals surface area contributed by atoms with Crippen LogP contribution in [0.2, 0.25) is 0 Å². The number of ether oxygens (including phenoxy) is 1. The van der Waals surface area contributed by atoms with Crippen LogP contribution in [0.5, 0.6) is 0 Å². The molecule has 0 saturated heterocycles. The summed E-state index contributed by atoms with van der Waals surface area (Å²) in [7, 11) is 0. The van der Waals surface area contributed by atoms with Crippen molar-refractivity contribution in [1.82, 2.24) is 0 Å². The molecule has 0 aromatic carbocycles. The zero-order valence-electron chi connectivity index (χ0n) is 10.4. The molecule has 5 nitrogen and oxygen atoms in total. The van der Waals surface area contributed by atoms with Gasteiger partial charge in [-0.15, -0.1) is 0 Å². The van der Waals surface area contributed by atoms with Crippen LogP contribution in [0, 0.1) is 5.92 Å². The average Bonchev–Trinajstić information content (AvgIpc) is 2.37. The minimum atomic E-state index is -0.884. The fourth-order valence-corrected chi connectivity index (χ4v) is 2.57. The normalized spacial score (nSPS) is 29.0. The summed E-state index contributed by atoms with van der Waals surface area (Å²) in [5.41, 5.74) is -0.884. The van der Waals surface area contributed by atoms with E-state index in [9.17, 15) is 9.90 Å². The summed E-state index contributed by atoms with van der Waals surface area (Å²) in [5.74, 6) is -0.224. The minimum absolute atomic E-state index is 0.00987. The summed E-state index contributed by atoms with van der Waals surface area (Å²) in [5, 5.41) is 18.4. The van der Waals surface area contributed by atoms with Crippen molar-refractivity contribution < 1.29 is 24.8 Å². The number of aliphatic hydroxyl groups is 1. The van der Waals surface area contributed by atoms with Crippen molar-refractivity contribution in [3.05, 3.63) is 0 Å². The summed E-state index contributed by atoms with van der Waals surface area (Å²) < 4.78 is 4.86. The van der Waals surface area contributed by atoms with Gasteiger partial charge in [0.2, 0.25) is 0 Å². The van der Waals surface area contributed by atoms with Gasteiger partial charge in [-0.3, -0.25) is 10.1 Å². The minimum Gasteiger partial charge on any atom is -0.466 e. The number of rotatable bonds is 6. The van der Waals surface area contributed by atoms with Crippen LogP contribution in [-0.2, 0) is 14.4 Å². The van der Waals surface area contributed by atoms with Gasteiger partial charge in [-0.05, 0) is 32.1 Å². The summed E-state index contributed by atoms with van der Waals surface area (Å²) in [6.07, 6.45) is 4.35. The van der Waals surface area contributed by atoms with Crippen molar-refractivity contribution in [2.75, 3.05) is 13.2 Å². The first-order chi connectivity index (χ1) is 8.18. The molecule has 2 unspecified atom stereocenters. The van der Waals surface area contributed by atoms with Crippen molar-refractivity contribution in [2.24, 2.45) is 5.92 Å². The monoisotopic (exact) mass is 246 g/mol. The molecule has 0 aromatic rings. The van der Waals surface area contributed by atoms with Crippen LogP contribution in [-0.4, -0.2) is 35.1 Å². The lowest BCUT2D eigenvalue weighted by Gasteiger charge is -2.39. The number of hydrogen-bond acceptors (Lipinski definition) is 5. The van der Waals surface area contributed by atoms with Crippen LogP contribution in [0.25, 0.3) is 0 Å². The quantitative estimate of drug-likeness (QED) is 0.424. The molecular weight excluding hydrogens is 224 g/mol. The highest BCUT2D eigenvalue weighted by molar-refractivity contribution is 5.69. The van der Waals surface area contributed by atoms with E-state index in [0.717, 1.165) is 19.3 Å². The molecule has 0 aliphatic heterocycles. The molecule has 0 bridgehead atoms. The first-order valence-corrected chi connectivity index (χ1v) is 6.27. The number of carbonyl (C=O) groups is 1. The number of hydrogen-bond donors (Lipinski definition) is 2. The predicted octanol–water partition coefficient (Wildman–Crippen LogP) is 1.74. The van der Waals surface area contributed by atoms with Crippen LogP contribution in [0.1, 0.15) is 45.4 Å². The lowest BCUT2D eigenvalue weighted by atomic mass is 9.73. The smallest absolute Gasteiger partial charge is 0.305 e. The molecule has 1 rings (SSSR count). The van der Waals surface area contributed by atoms with E-state index in [1.54, 1.807) is 6.92 Å². The molecule has 0 amide bonds. The fraction of sp³-hybridized carbons (Fsp3) is 0.917. The average molecular weight is 246 g/mol. The van der Waals surface area contributed by atoms with Gasteiger partial charge in [-0.25, -0.2) is 4.89 Å². The third kappa shape index (κ3) is 3.66. The lowest BCUT2D eigenvalue weighted by molar-refractivity contribution is -0.352. The lowest BCUT2D eigenvalue weighted by Crippen LogP contribution is -2.46. The fourth-order valence-electron chi connectivity index (χ4n) is 2.57. The Hall–Kier alpha value is -0.650. The summed E-state index contributed by atoms with van der Waals surface area (Å²) in [4.78, 5) is 15.8. The molecule has 1 aliphatic rings. The van der Waals surface area contributed by atoms with Gasteiger partial charge in [0.1, 0.15) is 5.60 Å². The molecule has 1 aliphatic carbocycles. The molecule has 0 aromatic heterocycles. The maximum Gasteiger partial charge on any atom is 0.305 e. The van der Waals surface area contributed by atoms with Crippen molar-refractivity contribution >= 4 is 5.97 Å². The number of carbonyl (C=O) groups excluding carboxylic acids is 1. The second-order valence-corrected chi connectivity index (χ2v) is 4.60. The van der Waals surface area contributed by atoms with Crippen LogP contribution < -0.4 is 0 Å². The third-order valence-electron chi connectivity index (χ3n) is 3.60. The number of aliphatic hydroxyl groups excluding tert-OH is 1. The molecule has 0 heterocycles. The highest BCUT2D eigenvalue weighted by Gasteiger charge is 2.42. The van der Waals surface area contributed by atoms with Gasteiger partial charge in [0, 0.05) is 6.42 Å². The Morgan fingerprint density at radius 3 is 2.82 bits per heavy atom. The second kappa shape index (κ2) is 6.93. The maximum atomic E-state index is 11.3. The first kappa shape index (κ1) is 14.4. The van der Waals surface area contributed by atoms with E-state index in [1.165, 1.54) is 0 Å². The summed E-state index contributed by atoms with van der Waals surface area (Å²) in [6.45, 7) is 1.94. The van der Waals surface area contributed by atoms with Crippen LogP contribution >= 0.6 is 0 Å². The van der Waals surface area contributed by atoms with E-state index >= 15 is 0 Å². The zero-order chi connectivity index (χ0) is 12.7. The summed E-state index contributed by atoms with van der Waals surface area (Å²) >= 11 is 0. The Bertz CT molecular complexity index is 237. The molecular formula is C12H22O5. The van der Waals surface area contributed by atoms with E-state index in [-0.39, 0.29) is 18.5 Å². The topological polar surface area (TPSA) is 76.0 Å². The second-order valence-electron chi connectivity index (χ2n) is 4.60. The molecule has 100 valence electrons. The Morgan fingerprint density at radius 1 is 1.47 bits per heavy atom. The van der Waals surface area contributed by atoms with Gasteiger partial charge in [0.15, 0.2) is 0 Å². The van der Waals surface area contributed by atoms with Crippen LogP contribution in [0.3, 0.4) is 0 Å². The molecule has 2 N–H and O–H groups in total. The predicted molar refractivity (Wildman–Crippen MR) is 61.4 cm³/mol. The van der Waals surface area contributed by atoms with Crippen molar-refractivity contribution in [2.45, 2.75) is 51.0 Å². The Balaban J connectivity index is 2.51. The van der Waals surface area contributed by atoms with Gasteiger partial charge in [-0.2, -0.15) is 0 Å². The van der Waals surface area contributed by atoms with E-state index in [0.29, 0.717) is 25.9 Å². The van der Waals surface area contributed by atoms with Crippen molar-refractivity contribution in [3.8, 4) is 0 Å². The van der Waals surface area contributed by atoms with E-state index in [4.69, 9.17) is 9.99 Å². The highest BCUT2D eigenvalue weighted by atomic mass is 17.1. The third-order valence-corrected chi connectivity index (χ3v) is 3.60. The standard InChI is InChI=1S/C12H22O5/c1-2-16-11(14)7-6-10-5-3-4-8-12(10,9-13)17-15/h10,13,15H,2-9H2,1H3. The molecule has 1 saturated carbocycles. The Morgan fingerprint density at radius 2 is 2.24 bits per heavy atom. The van der Waals surface area contributed by atoms with E-state index in [1.807, 2.05) is 0 Å². The van der Waals surface area contributed by atoms with Crippen LogP contribution in [0.15, 0.2) is 0 Å². The number of esters is 1. The molecule has 2 atom stereocenters. The summed E-state index contributed by atoms with van der Waals surface area (Å²) in [6, 6.07) is 0. The molecule has 0 radical (unpaired) electrons. The largest absolute Gasteiger partial charge is 0.466 e. The van der Waals surface area contributed by atoms with E-state index < -0.39 is 5.60 Å². The highest BCUT2D eigenvalue weighted by Crippen LogP contribution is 2.38. The van der Waals surface area contributed by atoms with Gasteiger partial charge in [0.05, 0.1) is 13.2 Å². The van der Waals surface area contributed by atoms with E-state index in [2.05, 4.69) is 4.89 Å². The van der Waals surface area contributed by atoms with Gasteiger partial charge < -0.3 is 9.84 Å². The Kier molecular flexibility index (Phi) is 5.88. The molecule has 17 heavy (non-hydrogen) atoms. The van der Waals surface area contributed by atoms with Gasteiger partial charge >= 0.3 is 5.97 Å². The Labute approximate surface area is 102 Å². The molecule has 0 spiro atoms. The molecule has 5 heteroatoms. The maximum absolute atomic E-state index is 11.3. The first-order valence-electron chi connectivity index (χ1n) is 6.27.